The van der Waals surface area contributed by atoms with E-state index in [1.807, 2.05) is 31.2 Å². The SMILES string of the molecule is COc1ccc(S(=O)(=O)NCCN(C(C)=O)c2cccc(C)c2)cc1Cl. The van der Waals surface area contributed by atoms with Crippen molar-refractivity contribution in [1.82, 2.24) is 4.72 Å². The summed E-state index contributed by atoms with van der Waals surface area (Å²) in [6, 6.07) is 11.7. The van der Waals surface area contributed by atoms with Gasteiger partial charge in [0.05, 0.1) is 17.0 Å². The van der Waals surface area contributed by atoms with E-state index in [9.17, 15) is 13.2 Å². The van der Waals surface area contributed by atoms with Gasteiger partial charge >= 0.3 is 0 Å². The number of aryl methyl sites for hydroxylation is 1. The summed E-state index contributed by atoms with van der Waals surface area (Å²) in [6.45, 7) is 3.65. The number of benzene rings is 2. The van der Waals surface area contributed by atoms with Crippen LogP contribution in [-0.4, -0.2) is 34.5 Å². The Kier molecular flexibility index (Phi) is 6.63. The van der Waals surface area contributed by atoms with E-state index in [1.54, 1.807) is 0 Å². The van der Waals surface area contributed by atoms with Crippen LogP contribution in [0.1, 0.15) is 12.5 Å². The number of rotatable bonds is 7. The largest absolute Gasteiger partial charge is 0.495 e. The highest BCUT2D eigenvalue weighted by molar-refractivity contribution is 7.89. The molecule has 2 aromatic rings. The summed E-state index contributed by atoms with van der Waals surface area (Å²) in [5.41, 5.74) is 1.74. The maximum absolute atomic E-state index is 12.4. The molecule has 26 heavy (non-hydrogen) atoms. The molecule has 0 aliphatic heterocycles. The highest BCUT2D eigenvalue weighted by Gasteiger charge is 2.17. The minimum absolute atomic E-state index is 0.0354. The molecule has 0 unspecified atom stereocenters. The van der Waals surface area contributed by atoms with Gasteiger partial charge in [0.25, 0.3) is 0 Å². The number of sulfonamides is 1. The second kappa shape index (κ2) is 8.53. The van der Waals surface area contributed by atoms with Crippen molar-refractivity contribution in [3.8, 4) is 5.75 Å². The van der Waals surface area contributed by atoms with E-state index >= 15 is 0 Å². The fourth-order valence-electron chi connectivity index (χ4n) is 2.45. The van der Waals surface area contributed by atoms with Gasteiger partial charge in [-0.15, -0.1) is 0 Å². The summed E-state index contributed by atoms with van der Waals surface area (Å²) in [5.74, 6) is 0.232. The Labute approximate surface area is 158 Å². The van der Waals surface area contributed by atoms with Crippen LogP contribution in [0.25, 0.3) is 0 Å². The minimum Gasteiger partial charge on any atom is -0.495 e. The normalized spacial score (nSPS) is 11.2. The highest BCUT2D eigenvalue weighted by Crippen LogP contribution is 2.26. The first-order valence-electron chi connectivity index (χ1n) is 7.92. The average molecular weight is 397 g/mol. The van der Waals surface area contributed by atoms with Crippen molar-refractivity contribution in [3.05, 3.63) is 53.1 Å². The molecule has 0 heterocycles. The van der Waals surface area contributed by atoms with Crippen LogP contribution in [0.15, 0.2) is 47.4 Å². The van der Waals surface area contributed by atoms with Gasteiger partial charge in [-0.05, 0) is 42.8 Å². The van der Waals surface area contributed by atoms with Crippen molar-refractivity contribution in [2.24, 2.45) is 0 Å². The fraction of sp³-hybridized carbons (Fsp3) is 0.278. The van der Waals surface area contributed by atoms with Crippen LogP contribution in [0, 0.1) is 6.92 Å². The molecule has 0 atom stereocenters. The van der Waals surface area contributed by atoms with Gasteiger partial charge < -0.3 is 9.64 Å². The monoisotopic (exact) mass is 396 g/mol. The van der Waals surface area contributed by atoms with Gasteiger partial charge in [0.1, 0.15) is 5.75 Å². The third kappa shape index (κ3) is 4.97. The number of hydrogen-bond acceptors (Lipinski definition) is 4. The van der Waals surface area contributed by atoms with Crippen molar-refractivity contribution in [3.63, 3.8) is 0 Å². The first-order valence-corrected chi connectivity index (χ1v) is 9.78. The molecule has 0 saturated carbocycles. The summed E-state index contributed by atoms with van der Waals surface area (Å²) < 4.78 is 32.3. The van der Waals surface area contributed by atoms with Crippen molar-refractivity contribution in [2.45, 2.75) is 18.7 Å². The molecule has 0 aromatic heterocycles. The van der Waals surface area contributed by atoms with E-state index in [2.05, 4.69) is 4.72 Å². The number of nitrogens with one attached hydrogen (secondary N) is 1. The number of ether oxygens (including phenoxy) is 1. The Balaban J connectivity index is 2.08. The predicted octanol–water partition coefficient (Wildman–Crippen LogP) is 2.99. The molecule has 2 rings (SSSR count). The zero-order valence-corrected chi connectivity index (χ0v) is 16.4. The average Bonchev–Trinajstić information content (AvgIpc) is 2.58. The second-order valence-corrected chi connectivity index (χ2v) is 7.88. The summed E-state index contributed by atoms with van der Waals surface area (Å²) in [4.78, 5) is 13.5. The molecule has 0 saturated heterocycles. The van der Waals surface area contributed by atoms with Gasteiger partial charge in [0.15, 0.2) is 0 Å². The predicted molar refractivity (Wildman–Crippen MR) is 102 cm³/mol. The number of amides is 1. The van der Waals surface area contributed by atoms with Crippen molar-refractivity contribution >= 4 is 33.2 Å². The Morgan fingerprint density at radius 1 is 1.23 bits per heavy atom. The number of nitrogens with zero attached hydrogens (tertiary/aromatic N) is 1. The van der Waals surface area contributed by atoms with Crippen molar-refractivity contribution in [2.75, 3.05) is 25.1 Å². The van der Waals surface area contributed by atoms with Gasteiger partial charge in [-0.1, -0.05) is 23.7 Å². The van der Waals surface area contributed by atoms with E-state index in [0.29, 0.717) is 5.75 Å². The molecule has 0 fully saturated rings. The third-order valence-electron chi connectivity index (χ3n) is 3.75. The van der Waals surface area contributed by atoms with Crippen molar-refractivity contribution in [1.29, 1.82) is 0 Å². The maximum Gasteiger partial charge on any atom is 0.240 e. The van der Waals surface area contributed by atoms with Crippen LogP contribution in [0.3, 0.4) is 0 Å². The molecule has 1 amide bonds. The van der Waals surface area contributed by atoms with Crippen LogP contribution in [0.4, 0.5) is 5.69 Å². The van der Waals surface area contributed by atoms with Gasteiger partial charge in [-0.2, -0.15) is 0 Å². The zero-order valence-electron chi connectivity index (χ0n) is 14.8. The highest BCUT2D eigenvalue weighted by atomic mass is 35.5. The molecular weight excluding hydrogens is 376 g/mol. The Hall–Kier alpha value is -2.09. The van der Waals surface area contributed by atoms with Crippen LogP contribution in [0.2, 0.25) is 5.02 Å². The Bertz CT molecular complexity index is 900. The lowest BCUT2D eigenvalue weighted by Gasteiger charge is -2.22. The second-order valence-electron chi connectivity index (χ2n) is 5.70. The molecular formula is C18H21ClN2O4S. The van der Waals surface area contributed by atoms with Crippen molar-refractivity contribution < 1.29 is 17.9 Å². The zero-order chi connectivity index (χ0) is 19.3. The maximum atomic E-state index is 12.4. The number of halogens is 1. The van der Waals surface area contributed by atoms with E-state index in [1.165, 1.54) is 37.1 Å². The molecule has 2 aromatic carbocycles. The molecule has 0 radical (unpaired) electrons. The van der Waals surface area contributed by atoms with Crippen LogP contribution < -0.4 is 14.4 Å². The van der Waals surface area contributed by atoms with E-state index in [4.69, 9.17) is 16.3 Å². The molecule has 0 aliphatic rings. The summed E-state index contributed by atoms with van der Waals surface area (Å²) in [5, 5.41) is 0.209. The molecule has 0 aliphatic carbocycles. The van der Waals surface area contributed by atoms with Gasteiger partial charge in [-0.3, -0.25) is 4.79 Å². The smallest absolute Gasteiger partial charge is 0.240 e. The van der Waals surface area contributed by atoms with Gasteiger partial charge in [0, 0.05) is 25.7 Å². The number of methoxy groups -OCH3 is 1. The Morgan fingerprint density at radius 3 is 2.54 bits per heavy atom. The molecule has 1 N–H and O–H groups in total. The van der Waals surface area contributed by atoms with Gasteiger partial charge in [0.2, 0.25) is 15.9 Å². The lowest BCUT2D eigenvalue weighted by molar-refractivity contribution is -0.116. The first kappa shape index (κ1) is 20.2. The van der Waals surface area contributed by atoms with E-state index in [-0.39, 0.29) is 28.9 Å². The van der Waals surface area contributed by atoms with E-state index in [0.717, 1.165) is 11.3 Å². The molecule has 0 spiro atoms. The lowest BCUT2D eigenvalue weighted by Crippen LogP contribution is -2.37. The molecule has 140 valence electrons. The lowest BCUT2D eigenvalue weighted by atomic mass is 10.2. The minimum atomic E-state index is -3.75. The molecule has 6 nitrogen and oxygen atoms in total. The fourth-order valence-corrected chi connectivity index (χ4v) is 3.82. The number of hydrogen-bond donors (Lipinski definition) is 1. The third-order valence-corrected chi connectivity index (χ3v) is 5.51. The van der Waals surface area contributed by atoms with E-state index < -0.39 is 10.0 Å². The van der Waals surface area contributed by atoms with Crippen LogP contribution in [0.5, 0.6) is 5.75 Å². The quantitative estimate of drug-likeness (QED) is 0.780. The molecule has 0 bridgehead atoms. The topological polar surface area (TPSA) is 75.7 Å². The summed E-state index contributed by atoms with van der Waals surface area (Å²) in [7, 11) is -2.29. The van der Waals surface area contributed by atoms with Crippen LogP contribution >= 0.6 is 11.6 Å². The first-order chi connectivity index (χ1) is 12.2. The summed E-state index contributed by atoms with van der Waals surface area (Å²) in [6.07, 6.45) is 0. The molecule has 8 heteroatoms. The number of carbonyl (C=O) groups excluding carboxylic acids is 1. The van der Waals surface area contributed by atoms with Gasteiger partial charge in [-0.25, -0.2) is 13.1 Å². The van der Waals surface area contributed by atoms with Crippen LogP contribution in [-0.2, 0) is 14.8 Å². The number of carbonyl (C=O) groups is 1. The Morgan fingerprint density at radius 2 is 1.96 bits per heavy atom. The summed E-state index contributed by atoms with van der Waals surface area (Å²) >= 11 is 5.99. The number of anilines is 1. The standard InChI is InChI=1S/C18H21ClN2O4S/c1-13-5-4-6-15(11-13)21(14(2)22)10-9-20-26(23,24)16-7-8-18(25-3)17(19)12-16/h4-8,11-12,20H,9-10H2,1-3H3.